The van der Waals surface area contributed by atoms with Crippen LogP contribution in [0.25, 0.3) is 83.1 Å². The molecule has 0 saturated heterocycles. The van der Waals surface area contributed by atoms with Crippen molar-refractivity contribution >= 4 is 38.9 Å². The molecule has 0 atom stereocenters. The molecule has 16 rings (SSSR count). The van der Waals surface area contributed by atoms with E-state index in [0.29, 0.717) is 0 Å². The molecule has 0 amide bonds. The third-order valence-electron chi connectivity index (χ3n) is 18.0. The fourth-order valence-electron chi connectivity index (χ4n) is 14.7. The number of aromatic nitrogens is 1. The molecule has 11 aromatic carbocycles. The summed E-state index contributed by atoms with van der Waals surface area (Å²) < 4.78 is 2.47. The quantitative estimate of drug-likeness (QED) is 0.167. The minimum Gasteiger partial charge on any atom is -0.309 e. The Bertz CT molecular complexity index is 4370. The van der Waals surface area contributed by atoms with E-state index >= 15 is 0 Å². The SMILES string of the molecule is CC1(C)c2ccccc2-c2cc3c4cc(-c5ccc(N(c6cccc7c6-c6ccccc6C7(C)C)c6cccc7c6-c6ccccc6C76c7ccccc7-c7ccccc76)cc5)ccc4n(-c4ccccc4)c3cc21. The van der Waals surface area contributed by atoms with Gasteiger partial charge in [-0.05, 0) is 150 Å². The van der Waals surface area contributed by atoms with Gasteiger partial charge in [-0.1, -0.05) is 210 Å². The number of benzene rings is 11. The molecule has 2 nitrogen and oxygen atoms in total. The fourth-order valence-corrected chi connectivity index (χ4v) is 14.7. The second kappa shape index (κ2) is 15.1. The molecule has 1 spiro atoms. The van der Waals surface area contributed by atoms with Gasteiger partial charge in [-0.3, -0.25) is 0 Å². The lowest BCUT2D eigenvalue weighted by Crippen LogP contribution is -2.26. The van der Waals surface area contributed by atoms with Gasteiger partial charge in [0.05, 0.1) is 27.8 Å². The molecule has 2 heteroatoms. The zero-order valence-corrected chi connectivity index (χ0v) is 42.5. The number of rotatable bonds is 5. The van der Waals surface area contributed by atoms with Crippen molar-refractivity contribution in [3.05, 3.63) is 287 Å². The highest BCUT2D eigenvalue weighted by molar-refractivity contribution is 6.13. The Morgan fingerprint density at radius 3 is 1.40 bits per heavy atom. The van der Waals surface area contributed by atoms with E-state index in [0.717, 1.165) is 5.69 Å². The van der Waals surface area contributed by atoms with E-state index < -0.39 is 5.41 Å². The van der Waals surface area contributed by atoms with Crippen molar-refractivity contribution in [3.8, 4) is 61.3 Å². The minimum absolute atomic E-state index is 0.101. The molecule has 1 heterocycles. The molecular formula is C73H52N2. The zero-order valence-electron chi connectivity index (χ0n) is 42.5. The highest BCUT2D eigenvalue weighted by Gasteiger charge is 2.52. The summed E-state index contributed by atoms with van der Waals surface area (Å²) in [4.78, 5) is 2.58. The van der Waals surface area contributed by atoms with Gasteiger partial charge in [0.15, 0.2) is 0 Å². The smallest absolute Gasteiger partial charge is 0.0726 e. The summed E-state index contributed by atoms with van der Waals surface area (Å²) in [5.74, 6) is 0. The van der Waals surface area contributed by atoms with Crippen LogP contribution in [0.15, 0.2) is 243 Å². The van der Waals surface area contributed by atoms with E-state index in [9.17, 15) is 0 Å². The van der Waals surface area contributed by atoms with Crippen LogP contribution < -0.4 is 4.90 Å². The van der Waals surface area contributed by atoms with Crippen LogP contribution in [0.3, 0.4) is 0 Å². The van der Waals surface area contributed by atoms with E-state index in [-0.39, 0.29) is 10.8 Å². The molecule has 0 aliphatic heterocycles. The molecule has 75 heavy (non-hydrogen) atoms. The fraction of sp³-hybridized carbons (Fsp3) is 0.0959. The van der Waals surface area contributed by atoms with Crippen molar-refractivity contribution in [1.82, 2.24) is 4.57 Å². The lowest BCUT2D eigenvalue weighted by atomic mass is 9.70. The van der Waals surface area contributed by atoms with Gasteiger partial charge in [0.1, 0.15) is 0 Å². The Hall–Kier alpha value is -8.98. The number of para-hydroxylation sites is 1. The molecule has 12 aromatic rings. The molecule has 4 aliphatic carbocycles. The average Bonchev–Trinajstić information content (AvgIpc) is 4.18. The molecule has 0 radical (unpaired) electrons. The monoisotopic (exact) mass is 956 g/mol. The summed E-state index contributed by atoms with van der Waals surface area (Å²) >= 11 is 0. The summed E-state index contributed by atoms with van der Waals surface area (Å²) in [6.07, 6.45) is 0. The second-order valence-corrected chi connectivity index (χ2v) is 22.3. The van der Waals surface area contributed by atoms with E-state index in [4.69, 9.17) is 0 Å². The molecule has 0 N–H and O–H groups in total. The van der Waals surface area contributed by atoms with Crippen molar-refractivity contribution in [3.63, 3.8) is 0 Å². The number of hydrogen-bond donors (Lipinski definition) is 0. The van der Waals surface area contributed by atoms with Crippen LogP contribution in [0.1, 0.15) is 72.2 Å². The van der Waals surface area contributed by atoms with Crippen LogP contribution in [0, 0.1) is 0 Å². The summed E-state index contributed by atoms with van der Waals surface area (Å²) in [7, 11) is 0. The van der Waals surface area contributed by atoms with Crippen LogP contribution in [0.5, 0.6) is 0 Å². The predicted molar refractivity (Wildman–Crippen MR) is 312 cm³/mol. The summed E-state index contributed by atoms with van der Waals surface area (Å²) in [6.45, 7) is 9.52. The topological polar surface area (TPSA) is 8.17 Å². The maximum absolute atomic E-state index is 2.58. The Kier molecular flexibility index (Phi) is 8.54. The van der Waals surface area contributed by atoms with Gasteiger partial charge in [0, 0.05) is 44.1 Å². The molecule has 0 saturated carbocycles. The third kappa shape index (κ3) is 5.48. The van der Waals surface area contributed by atoms with Crippen LogP contribution >= 0.6 is 0 Å². The first-order chi connectivity index (χ1) is 36.7. The third-order valence-corrected chi connectivity index (χ3v) is 18.0. The standard InChI is InChI=1S/C73H52N2/c1-71(2)58-28-14-11-25-52(58)69-62(71)32-18-34-66(69)75(67-35-19-33-63-70(67)53-26-12-17-31-61(53)73(63)59-29-15-9-22-49(59)50-23-10-16-30-60(50)73)48-39-36-45(37-40-48)46-38-41-65-55(42-46)56-43-54-51-24-8-13-27-57(51)72(3,4)64(54)44-68(56)74(65)47-20-6-5-7-21-47/h5-44H,1-4H3. The van der Waals surface area contributed by atoms with Crippen LogP contribution in [-0.2, 0) is 16.2 Å². The van der Waals surface area contributed by atoms with Gasteiger partial charge in [-0.25, -0.2) is 0 Å². The van der Waals surface area contributed by atoms with E-state index in [1.165, 1.54) is 139 Å². The molecule has 0 fully saturated rings. The van der Waals surface area contributed by atoms with Crippen LogP contribution in [0.4, 0.5) is 17.1 Å². The first-order valence-electron chi connectivity index (χ1n) is 26.6. The van der Waals surface area contributed by atoms with Gasteiger partial charge < -0.3 is 9.47 Å². The minimum atomic E-state index is -0.459. The lowest BCUT2D eigenvalue weighted by molar-refractivity contribution is 0.660. The van der Waals surface area contributed by atoms with Gasteiger partial charge in [-0.2, -0.15) is 0 Å². The highest BCUT2D eigenvalue weighted by Crippen LogP contribution is 2.65. The molecule has 354 valence electrons. The lowest BCUT2D eigenvalue weighted by Gasteiger charge is -2.32. The largest absolute Gasteiger partial charge is 0.309 e. The maximum atomic E-state index is 2.58. The van der Waals surface area contributed by atoms with Crippen molar-refractivity contribution in [2.75, 3.05) is 4.90 Å². The molecule has 1 aromatic heterocycles. The first-order valence-corrected chi connectivity index (χ1v) is 26.6. The Balaban J connectivity index is 0.911. The summed E-state index contributed by atoms with van der Waals surface area (Å²) in [5.41, 5.74) is 30.1. The Labute approximate surface area is 438 Å². The van der Waals surface area contributed by atoms with Crippen molar-refractivity contribution in [2.24, 2.45) is 0 Å². The summed E-state index contributed by atoms with van der Waals surface area (Å²) in [6, 6.07) is 91.9. The average molecular weight is 957 g/mol. The van der Waals surface area contributed by atoms with Crippen molar-refractivity contribution < 1.29 is 0 Å². The molecular weight excluding hydrogens is 905 g/mol. The second-order valence-electron chi connectivity index (χ2n) is 22.3. The Morgan fingerprint density at radius 2 is 0.760 bits per heavy atom. The molecule has 0 bridgehead atoms. The van der Waals surface area contributed by atoms with E-state index in [2.05, 4.69) is 280 Å². The number of nitrogens with zero attached hydrogens (tertiary/aromatic N) is 2. The highest BCUT2D eigenvalue weighted by atomic mass is 15.1. The number of hydrogen-bond acceptors (Lipinski definition) is 1. The zero-order chi connectivity index (χ0) is 50.0. The van der Waals surface area contributed by atoms with Gasteiger partial charge >= 0.3 is 0 Å². The Morgan fingerprint density at radius 1 is 0.307 bits per heavy atom. The van der Waals surface area contributed by atoms with Gasteiger partial charge in [0.25, 0.3) is 0 Å². The van der Waals surface area contributed by atoms with E-state index in [1.807, 2.05) is 0 Å². The number of fused-ring (bicyclic) bond motifs is 19. The maximum Gasteiger partial charge on any atom is 0.0726 e. The van der Waals surface area contributed by atoms with Gasteiger partial charge in [0.2, 0.25) is 0 Å². The molecule has 0 unspecified atom stereocenters. The van der Waals surface area contributed by atoms with Gasteiger partial charge in [-0.15, -0.1) is 0 Å². The van der Waals surface area contributed by atoms with Crippen molar-refractivity contribution in [1.29, 1.82) is 0 Å². The van der Waals surface area contributed by atoms with E-state index in [1.54, 1.807) is 0 Å². The van der Waals surface area contributed by atoms with Crippen LogP contribution in [-0.4, -0.2) is 4.57 Å². The normalized spacial score (nSPS) is 15.0. The van der Waals surface area contributed by atoms with Crippen LogP contribution in [0.2, 0.25) is 0 Å². The van der Waals surface area contributed by atoms with Crippen molar-refractivity contribution in [2.45, 2.75) is 43.9 Å². The number of anilines is 3. The molecule has 4 aliphatic rings. The summed E-state index contributed by atoms with van der Waals surface area (Å²) in [5, 5.41) is 2.53. The first kappa shape index (κ1) is 42.5. The predicted octanol–water partition coefficient (Wildman–Crippen LogP) is 18.9.